The van der Waals surface area contributed by atoms with E-state index in [1.54, 1.807) is 0 Å². The molecule has 0 aliphatic heterocycles. The maximum atomic E-state index is 5.80. The average Bonchev–Trinajstić information content (AvgIpc) is 2.05. The Balaban J connectivity index is 0.000000845. The van der Waals surface area contributed by atoms with Gasteiger partial charge in [-0.2, -0.15) is 0 Å². The second-order valence-corrected chi connectivity index (χ2v) is 3.70. The van der Waals surface area contributed by atoms with Gasteiger partial charge in [0.25, 0.3) is 0 Å². The van der Waals surface area contributed by atoms with Gasteiger partial charge in [-0.15, -0.1) is 12.4 Å². The number of nitrogens with two attached hydrogens (primary N) is 1. The Hall–Kier alpha value is -0.530. The van der Waals surface area contributed by atoms with Crippen molar-refractivity contribution in [3.05, 3.63) is 35.9 Å². The van der Waals surface area contributed by atoms with Crippen LogP contribution in [0.15, 0.2) is 30.3 Å². The van der Waals surface area contributed by atoms with Gasteiger partial charge in [-0.05, 0) is 18.4 Å². The zero-order chi connectivity index (χ0) is 8.44. The molecule has 0 heterocycles. The summed E-state index contributed by atoms with van der Waals surface area (Å²) >= 11 is 0. The van der Waals surface area contributed by atoms with Crippen LogP contribution in [0.5, 0.6) is 0 Å². The van der Waals surface area contributed by atoms with E-state index in [1.165, 1.54) is 24.8 Å². The van der Waals surface area contributed by atoms with Crippen molar-refractivity contribution < 1.29 is 0 Å². The van der Waals surface area contributed by atoms with Gasteiger partial charge in [0.15, 0.2) is 0 Å². The van der Waals surface area contributed by atoms with Gasteiger partial charge in [0.2, 0.25) is 0 Å². The molecule has 0 spiro atoms. The smallest absolute Gasteiger partial charge is 0.00755 e. The van der Waals surface area contributed by atoms with Crippen LogP contribution in [-0.4, -0.2) is 6.54 Å². The van der Waals surface area contributed by atoms with E-state index in [9.17, 15) is 0 Å². The maximum Gasteiger partial charge on any atom is 0.00755 e. The first-order valence-corrected chi connectivity index (χ1v) is 4.63. The molecule has 2 heteroatoms. The third-order valence-electron chi connectivity index (χ3n) is 3.09. The Morgan fingerprint density at radius 3 is 2.15 bits per heavy atom. The highest BCUT2D eigenvalue weighted by Gasteiger charge is 2.36. The first-order chi connectivity index (χ1) is 5.87. The second kappa shape index (κ2) is 4.12. The van der Waals surface area contributed by atoms with Crippen molar-refractivity contribution in [3.63, 3.8) is 0 Å². The zero-order valence-corrected chi connectivity index (χ0v) is 8.52. The van der Waals surface area contributed by atoms with E-state index in [2.05, 4.69) is 30.3 Å². The number of benzene rings is 1. The Bertz CT molecular complexity index is 249. The van der Waals surface area contributed by atoms with Gasteiger partial charge in [0.05, 0.1) is 0 Å². The highest BCUT2D eigenvalue weighted by Crippen LogP contribution is 2.42. The molecule has 0 bridgehead atoms. The van der Waals surface area contributed by atoms with Gasteiger partial charge < -0.3 is 5.73 Å². The van der Waals surface area contributed by atoms with Gasteiger partial charge in [-0.3, -0.25) is 0 Å². The van der Waals surface area contributed by atoms with Crippen LogP contribution in [0.25, 0.3) is 0 Å². The molecule has 1 aromatic rings. The van der Waals surface area contributed by atoms with E-state index in [0.717, 1.165) is 6.54 Å². The minimum atomic E-state index is 0. The molecular weight excluding hydrogens is 182 g/mol. The predicted octanol–water partition coefficient (Wildman–Crippen LogP) is 2.49. The van der Waals surface area contributed by atoms with E-state index < -0.39 is 0 Å². The van der Waals surface area contributed by atoms with Crippen molar-refractivity contribution in [3.8, 4) is 0 Å². The summed E-state index contributed by atoms with van der Waals surface area (Å²) in [6.07, 6.45) is 3.88. The highest BCUT2D eigenvalue weighted by molar-refractivity contribution is 5.85. The molecule has 1 fully saturated rings. The molecule has 0 radical (unpaired) electrons. The van der Waals surface area contributed by atoms with Crippen LogP contribution in [0.3, 0.4) is 0 Å². The summed E-state index contributed by atoms with van der Waals surface area (Å²) < 4.78 is 0. The molecule has 0 atom stereocenters. The fraction of sp³-hybridized carbons (Fsp3) is 0.455. The summed E-state index contributed by atoms with van der Waals surface area (Å²) in [7, 11) is 0. The standard InChI is InChI=1S/C11H15N.ClH/c12-9-11(7-4-8-11)10-5-2-1-3-6-10;/h1-3,5-6H,4,7-9,12H2;1H. The number of halogens is 1. The molecule has 0 saturated heterocycles. The van der Waals surface area contributed by atoms with E-state index in [4.69, 9.17) is 5.73 Å². The van der Waals surface area contributed by atoms with Gasteiger partial charge in [-0.1, -0.05) is 36.8 Å². The Morgan fingerprint density at radius 2 is 1.77 bits per heavy atom. The molecule has 13 heavy (non-hydrogen) atoms. The lowest BCUT2D eigenvalue weighted by Crippen LogP contribution is -2.41. The lowest BCUT2D eigenvalue weighted by molar-refractivity contribution is 0.253. The van der Waals surface area contributed by atoms with Crippen molar-refractivity contribution in [1.82, 2.24) is 0 Å². The van der Waals surface area contributed by atoms with Crippen molar-refractivity contribution in [1.29, 1.82) is 0 Å². The third-order valence-corrected chi connectivity index (χ3v) is 3.09. The topological polar surface area (TPSA) is 26.0 Å². The van der Waals surface area contributed by atoms with Crippen LogP contribution in [0.1, 0.15) is 24.8 Å². The van der Waals surface area contributed by atoms with E-state index in [-0.39, 0.29) is 12.4 Å². The molecular formula is C11H16ClN. The van der Waals surface area contributed by atoms with Crippen LogP contribution >= 0.6 is 12.4 Å². The minimum Gasteiger partial charge on any atom is -0.330 e. The number of hydrogen-bond donors (Lipinski definition) is 1. The summed E-state index contributed by atoms with van der Waals surface area (Å²) in [5.74, 6) is 0. The SMILES string of the molecule is Cl.NCC1(c2ccccc2)CCC1. The Kier molecular flexibility index (Phi) is 3.34. The molecule has 0 unspecified atom stereocenters. The quantitative estimate of drug-likeness (QED) is 0.775. The molecule has 2 N–H and O–H groups in total. The van der Waals surface area contributed by atoms with Crippen molar-refractivity contribution >= 4 is 12.4 Å². The van der Waals surface area contributed by atoms with E-state index in [1.807, 2.05) is 0 Å². The molecule has 2 rings (SSSR count). The molecule has 1 aromatic carbocycles. The van der Waals surface area contributed by atoms with Gasteiger partial charge >= 0.3 is 0 Å². The molecule has 1 nitrogen and oxygen atoms in total. The fourth-order valence-electron chi connectivity index (χ4n) is 2.01. The molecule has 1 aliphatic carbocycles. The first kappa shape index (κ1) is 10.6. The fourth-order valence-corrected chi connectivity index (χ4v) is 2.01. The summed E-state index contributed by atoms with van der Waals surface area (Å²) in [5, 5.41) is 0. The number of rotatable bonds is 2. The summed E-state index contributed by atoms with van der Waals surface area (Å²) in [6.45, 7) is 0.803. The summed E-state index contributed by atoms with van der Waals surface area (Å²) in [6, 6.07) is 10.7. The van der Waals surface area contributed by atoms with Crippen LogP contribution in [0.2, 0.25) is 0 Å². The van der Waals surface area contributed by atoms with Gasteiger partial charge in [0.1, 0.15) is 0 Å². The lowest BCUT2D eigenvalue weighted by Gasteiger charge is -2.41. The molecule has 1 aliphatic rings. The van der Waals surface area contributed by atoms with Crippen LogP contribution in [0, 0.1) is 0 Å². The first-order valence-electron chi connectivity index (χ1n) is 4.63. The van der Waals surface area contributed by atoms with Crippen LogP contribution in [0.4, 0.5) is 0 Å². The largest absolute Gasteiger partial charge is 0.330 e. The molecule has 1 saturated carbocycles. The van der Waals surface area contributed by atoms with Crippen molar-refractivity contribution in [2.75, 3.05) is 6.54 Å². The van der Waals surface area contributed by atoms with Crippen molar-refractivity contribution in [2.24, 2.45) is 5.73 Å². The molecule has 0 amide bonds. The number of hydrogen-bond acceptors (Lipinski definition) is 1. The Labute approximate surface area is 85.7 Å². The predicted molar refractivity (Wildman–Crippen MR) is 58.3 cm³/mol. The van der Waals surface area contributed by atoms with E-state index >= 15 is 0 Å². The third kappa shape index (κ3) is 1.72. The van der Waals surface area contributed by atoms with Gasteiger partial charge in [-0.25, -0.2) is 0 Å². The zero-order valence-electron chi connectivity index (χ0n) is 7.70. The summed E-state index contributed by atoms with van der Waals surface area (Å²) in [4.78, 5) is 0. The average molecular weight is 198 g/mol. The normalized spacial score (nSPS) is 18.5. The maximum absolute atomic E-state index is 5.80. The Morgan fingerprint density at radius 1 is 1.15 bits per heavy atom. The van der Waals surface area contributed by atoms with Crippen molar-refractivity contribution in [2.45, 2.75) is 24.7 Å². The van der Waals surface area contributed by atoms with Gasteiger partial charge in [0, 0.05) is 12.0 Å². The summed E-state index contributed by atoms with van der Waals surface area (Å²) in [5.41, 5.74) is 7.56. The second-order valence-electron chi connectivity index (χ2n) is 3.70. The molecule has 72 valence electrons. The lowest BCUT2D eigenvalue weighted by atomic mass is 9.64. The highest BCUT2D eigenvalue weighted by atomic mass is 35.5. The molecule has 0 aromatic heterocycles. The van der Waals surface area contributed by atoms with E-state index in [0.29, 0.717) is 5.41 Å². The monoisotopic (exact) mass is 197 g/mol. The minimum absolute atomic E-state index is 0. The van der Waals surface area contributed by atoms with Crippen LogP contribution in [-0.2, 0) is 5.41 Å². The van der Waals surface area contributed by atoms with Crippen LogP contribution < -0.4 is 5.73 Å².